The maximum Gasteiger partial charge on any atom is 0.262 e. The first kappa shape index (κ1) is 17.7. The number of aryl methyl sites for hydroxylation is 3. The second kappa shape index (κ2) is 7.48. The van der Waals surface area contributed by atoms with Crippen LogP contribution in [0.4, 0.5) is 0 Å². The van der Waals surface area contributed by atoms with Gasteiger partial charge in [0, 0.05) is 30.9 Å². The van der Waals surface area contributed by atoms with Crippen molar-refractivity contribution in [2.24, 2.45) is 0 Å². The van der Waals surface area contributed by atoms with Gasteiger partial charge in [-0.3, -0.25) is 14.2 Å². The van der Waals surface area contributed by atoms with Crippen molar-refractivity contribution in [1.29, 1.82) is 0 Å². The van der Waals surface area contributed by atoms with Crippen molar-refractivity contribution in [3.8, 4) is 0 Å². The van der Waals surface area contributed by atoms with Gasteiger partial charge >= 0.3 is 0 Å². The predicted molar refractivity (Wildman–Crippen MR) is 102 cm³/mol. The normalized spacial score (nSPS) is 20.3. The molecule has 3 heterocycles. The lowest BCUT2D eigenvalue weighted by Gasteiger charge is -2.32. The molecule has 0 unspecified atom stereocenters. The Balaban J connectivity index is 1.50. The number of aromatic nitrogens is 2. The topological polar surface area (TPSA) is 64.4 Å². The van der Waals surface area contributed by atoms with Gasteiger partial charge in [-0.2, -0.15) is 0 Å². The maximum atomic E-state index is 12.9. The molecule has 1 aliphatic carbocycles. The SMILES string of the molecule is CC[C@H]1CN(C(=O)CCn2cnc3sc4c(c3c2=O)CCCC4)CCO1. The summed E-state index contributed by atoms with van der Waals surface area (Å²) in [5, 5.41) is 0.789. The fraction of sp³-hybridized carbons (Fsp3) is 0.632. The number of carbonyl (C=O) groups excluding carboxylic acids is 1. The first-order valence-corrected chi connectivity index (χ1v) is 10.4. The zero-order chi connectivity index (χ0) is 18.1. The summed E-state index contributed by atoms with van der Waals surface area (Å²) in [6.07, 6.45) is 7.34. The van der Waals surface area contributed by atoms with Crippen molar-refractivity contribution >= 4 is 27.5 Å². The molecule has 0 spiro atoms. The molecular formula is C19H25N3O3S. The summed E-state index contributed by atoms with van der Waals surface area (Å²) in [5.74, 6) is 0.0890. The average Bonchev–Trinajstić information content (AvgIpc) is 3.06. The van der Waals surface area contributed by atoms with Crippen LogP contribution in [0.25, 0.3) is 10.2 Å². The Morgan fingerprint density at radius 3 is 3.08 bits per heavy atom. The van der Waals surface area contributed by atoms with Crippen molar-refractivity contribution in [1.82, 2.24) is 14.5 Å². The molecule has 26 heavy (non-hydrogen) atoms. The Morgan fingerprint density at radius 2 is 2.23 bits per heavy atom. The number of ether oxygens (including phenoxy) is 1. The van der Waals surface area contributed by atoms with Crippen molar-refractivity contribution in [2.75, 3.05) is 19.7 Å². The molecule has 4 rings (SSSR count). The van der Waals surface area contributed by atoms with Gasteiger partial charge in [-0.05, 0) is 37.7 Å². The molecule has 2 aromatic heterocycles. The van der Waals surface area contributed by atoms with Crippen LogP contribution >= 0.6 is 11.3 Å². The van der Waals surface area contributed by atoms with Crippen LogP contribution in [0, 0.1) is 0 Å². The number of amides is 1. The van der Waals surface area contributed by atoms with Crippen LogP contribution in [0.2, 0.25) is 0 Å². The Hall–Kier alpha value is -1.73. The van der Waals surface area contributed by atoms with Gasteiger partial charge in [-0.25, -0.2) is 4.98 Å². The molecule has 140 valence electrons. The van der Waals surface area contributed by atoms with E-state index in [0.29, 0.717) is 32.7 Å². The highest BCUT2D eigenvalue weighted by molar-refractivity contribution is 7.18. The molecule has 0 N–H and O–H groups in total. The second-order valence-electron chi connectivity index (χ2n) is 7.12. The van der Waals surface area contributed by atoms with E-state index in [1.54, 1.807) is 22.2 Å². The van der Waals surface area contributed by atoms with Gasteiger partial charge in [0.05, 0.1) is 24.4 Å². The molecule has 7 heteroatoms. The number of fused-ring (bicyclic) bond motifs is 3. The summed E-state index contributed by atoms with van der Waals surface area (Å²) in [5.41, 5.74) is 1.21. The van der Waals surface area contributed by atoms with E-state index in [0.717, 1.165) is 35.9 Å². The fourth-order valence-electron chi connectivity index (χ4n) is 3.91. The highest BCUT2D eigenvalue weighted by atomic mass is 32.1. The molecule has 1 fully saturated rings. The Bertz CT molecular complexity index is 873. The molecule has 1 amide bonds. The molecule has 0 aromatic carbocycles. The van der Waals surface area contributed by atoms with Crippen molar-refractivity contribution in [3.63, 3.8) is 0 Å². The van der Waals surface area contributed by atoms with E-state index in [-0.39, 0.29) is 17.6 Å². The lowest BCUT2D eigenvalue weighted by atomic mass is 9.97. The van der Waals surface area contributed by atoms with Gasteiger partial charge in [-0.15, -0.1) is 11.3 Å². The zero-order valence-corrected chi connectivity index (χ0v) is 16.0. The Labute approximate surface area is 156 Å². The number of hydrogen-bond acceptors (Lipinski definition) is 5. The van der Waals surface area contributed by atoms with Gasteiger partial charge in [0.2, 0.25) is 5.91 Å². The predicted octanol–water partition coefficient (Wildman–Crippen LogP) is 2.36. The summed E-state index contributed by atoms with van der Waals surface area (Å²) in [7, 11) is 0. The van der Waals surface area contributed by atoms with E-state index in [1.165, 1.54) is 16.9 Å². The van der Waals surface area contributed by atoms with E-state index in [9.17, 15) is 9.59 Å². The third-order valence-corrected chi connectivity index (χ3v) is 6.66. The second-order valence-corrected chi connectivity index (χ2v) is 8.21. The number of morpholine rings is 1. The van der Waals surface area contributed by atoms with E-state index >= 15 is 0 Å². The molecule has 1 saturated heterocycles. The van der Waals surface area contributed by atoms with Crippen molar-refractivity contribution < 1.29 is 9.53 Å². The highest BCUT2D eigenvalue weighted by Crippen LogP contribution is 2.33. The van der Waals surface area contributed by atoms with E-state index < -0.39 is 0 Å². The van der Waals surface area contributed by atoms with Crippen LogP contribution in [-0.2, 0) is 28.9 Å². The van der Waals surface area contributed by atoms with Gasteiger partial charge in [0.1, 0.15) is 4.83 Å². The molecule has 2 aliphatic rings. The molecule has 2 aromatic rings. The number of hydrogen-bond donors (Lipinski definition) is 0. The van der Waals surface area contributed by atoms with Crippen LogP contribution in [0.15, 0.2) is 11.1 Å². The van der Waals surface area contributed by atoms with E-state index in [2.05, 4.69) is 11.9 Å². The third-order valence-electron chi connectivity index (χ3n) is 5.46. The summed E-state index contributed by atoms with van der Waals surface area (Å²) in [6, 6.07) is 0. The first-order chi connectivity index (χ1) is 12.7. The summed E-state index contributed by atoms with van der Waals surface area (Å²) < 4.78 is 7.23. The van der Waals surface area contributed by atoms with Crippen molar-refractivity contribution in [2.45, 2.75) is 58.1 Å². The standard InChI is InChI=1S/C19H25N3O3S/c1-2-13-11-21(9-10-25-13)16(23)7-8-22-12-20-18-17(19(22)24)14-5-3-4-6-15(14)26-18/h12-13H,2-11H2,1H3/t13-/m0/s1. The lowest BCUT2D eigenvalue weighted by Crippen LogP contribution is -2.45. The average molecular weight is 375 g/mol. The van der Waals surface area contributed by atoms with Crippen LogP contribution in [-0.4, -0.2) is 46.2 Å². The quantitative estimate of drug-likeness (QED) is 0.823. The fourth-order valence-corrected chi connectivity index (χ4v) is 5.13. The van der Waals surface area contributed by atoms with Crippen LogP contribution in [0.3, 0.4) is 0 Å². The van der Waals surface area contributed by atoms with Crippen LogP contribution < -0.4 is 5.56 Å². The molecule has 0 radical (unpaired) electrons. The minimum atomic E-state index is 0.00983. The molecular weight excluding hydrogens is 350 g/mol. The largest absolute Gasteiger partial charge is 0.375 e. The molecule has 0 saturated carbocycles. The third kappa shape index (κ3) is 3.30. The molecule has 1 aliphatic heterocycles. The highest BCUT2D eigenvalue weighted by Gasteiger charge is 2.23. The zero-order valence-electron chi connectivity index (χ0n) is 15.2. The van der Waals surface area contributed by atoms with Crippen LogP contribution in [0.1, 0.15) is 43.0 Å². The first-order valence-electron chi connectivity index (χ1n) is 9.56. The van der Waals surface area contributed by atoms with Gasteiger partial charge in [0.15, 0.2) is 0 Å². The smallest absolute Gasteiger partial charge is 0.262 e. The molecule has 1 atom stereocenters. The van der Waals surface area contributed by atoms with E-state index in [4.69, 9.17) is 4.74 Å². The van der Waals surface area contributed by atoms with Gasteiger partial charge in [0.25, 0.3) is 5.56 Å². The Morgan fingerprint density at radius 1 is 1.38 bits per heavy atom. The monoisotopic (exact) mass is 375 g/mol. The van der Waals surface area contributed by atoms with Gasteiger partial charge in [-0.1, -0.05) is 6.92 Å². The minimum absolute atomic E-state index is 0.00983. The number of thiophene rings is 1. The molecule has 6 nitrogen and oxygen atoms in total. The summed E-state index contributed by atoms with van der Waals surface area (Å²) >= 11 is 1.66. The number of rotatable bonds is 4. The minimum Gasteiger partial charge on any atom is -0.375 e. The number of nitrogens with zero attached hydrogens (tertiary/aromatic N) is 3. The summed E-state index contributed by atoms with van der Waals surface area (Å²) in [6.45, 7) is 4.35. The lowest BCUT2D eigenvalue weighted by molar-refractivity contribution is -0.139. The van der Waals surface area contributed by atoms with E-state index in [1.807, 2.05) is 4.90 Å². The summed E-state index contributed by atoms with van der Waals surface area (Å²) in [4.78, 5) is 34.0. The van der Waals surface area contributed by atoms with Crippen LogP contribution in [0.5, 0.6) is 0 Å². The maximum absolute atomic E-state index is 12.9. The Kier molecular flexibility index (Phi) is 5.09. The van der Waals surface area contributed by atoms with Gasteiger partial charge < -0.3 is 9.64 Å². The molecule has 0 bridgehead atoms. The number of carbonyl (C=O) groups is 1. The van der Waals surface area contributed by atoms with Crippen molar-refractivity contribution in [3.05, 3.63) is 27.1 Å².